The predicted molar refractivity (Wildman–Crippen MR) is 142 cm³/mol. The molecule has 0 spiro atoms. The molecule has 4 aromatic rings. The molecule has 2 aromatic carbocycles. The number of para-hydroxylation sites is 1. The van der Waals surface area contributed by atoms with Gasteiger partial charge in [-0.05, 0) is 55.3 Å². The zero-order chi connectivity index (χ0) is 26.0. The summed E-state index contributed by atoms with van der Waals surface area (Å²) in [5.74, 6) is -0.799. The molecule has 0 unspecified atom stereocenters. The molecule has 0 aliphatic heterocycles. The number of benzene rings is 2. The predicted octanol–water partition coefficient (Wildman–Crippen LogP) is 4.93. The van der Waals surface area contributed by atoms with Crippen molar-refractivity contribution in [3.05, 3.63) is 72.3 Å². The van der Waals surface area contributed by atoms with Gasteiger partial charge in [0.1, 0.15) is 11.3 Å². The number of rotatable bonds is 8. The Morgan fingerprint density at radius 3 is 2.54 bits per heavy atom. The van der Waals surface area contributed by atoms with E-state index in [9.17, 15) is 17.6 Å². The molecule has 8 nitrogen and oxygen atoms in total. The van der Waals surface area contributed by atoms with Crippen LogP contribution < -0.4 is 4.90 Å². The highest BCUT2D eigenvalue weighted by Gasteiger charge is 2.29. The Morgan fingerprint density at radius 1 is 1.11 bits per heavy atom. The van der Waals surface area contributed by atoms with Gasteiger partial charge in [-0.15, -0.1) is 0 Å². The highest BCUT2D eigenvalue weighted by molar-refractivity contribution is 7.89. The van der Waals surface area contributed by atoms with Gasteiger partial charge < -0.3 is 0 Å². The van der Waals surface area contributed by atoms with Crippen molar-refractivity contribution in [2.24, 2.45) is 0 Å². The molecule has 0 atom stereocenters. The number of carbonyl (C=O) groups excluding carboxylic acids is 1. The van der Waals surface area contributed by atoms with Gasteiger partial charge in [-0.25, -0.2) is 17.8 Å². The van der Waals surface area contributed by atoms with Gasteiger partial charge in [-0.3, -0.25) is 14.4 Å². The van der Waals surface area contributed by atoms with Crippen LogP contribution in [-0.2, 0) is 16.6 Å². The van der Waals surface area contributed by atoms with Crippen LogP contribution in [0.5, 0.6) is 0 Å². The topological polar surface area (TPSA) is 88.4 Å². The zero-order valence-corrected chi connectivity index (χ0v) is 22.1. The normalized spacial score (nSPS) is 14.9. The molecule has 5 rings (SSSR count). The summed E-state index contributed by atoms with van der Waals surface area (Å²) >= 11 is 1.23. The number of sulfonamides is 1. The van der Waals surface area contributed by atoms with Gasteiger partial charge in [0.2, 0.25) is 10.0 Å². The van der Waals surface area contributed by atoms with Crippen LogP contribution in [0.15, 0.2) is 65.8 Å². The van der Waals surface area contributed by atoms with Crippen LogP contribution in [0, 0.1) is 5.82 Å². The summed E-state index contributed by atoms with van der Waals surface area (Å²) in [5.41, 5.74) is 0.533. The van der Waals surface area contributed by atoms with E-state index in [2.05, 4.69) is 10.1 Å². The molecule has 0 bridgehead atoms. The molecule has 1 amide bonds. The number of hydrogen-bond acceptors (Lipinski definition) is 6. The number of fused-ring (bicyclic) bond motifs is 1. The van der Waals surface area contributed by atoms with Gasteiger partial charge in [-0.2, -0.15) is 9.40 Å². The zero-order valence-electron chi connectivity index (χ0n) is 20.5. The molecule has 2 aromatic heterocycles. The first-order valence-corrected chi connectivity index (χ1v) is 14.5. The van der Waals surface area contributed by atoms with E-state index in [1.54, 1.807) is 42.3 Å². The molecular weight excluding hydrogens is 513 g/mol. The van der Waals surface area contributed by atoms with Crippen LogP contribution in [0.1, 0.15) is 42.5 Å². The van der Waals surface area contributed by atoms with Crippen LogP contribution in [0.4, 0.5) is 9.52 Å². The summed E-state index contributed by atoms with van der Waals surface area (Å²) in [7, 11) is -2.04. The molecular formula is C26H28FN5O3S2. The Hall–Kier alpha value is -3.15. The SMILES string of the molecule is CN(C1CCCCC1)S(=O)(=O)c1ccc(C(=O)N(CCn2cccn2)c2nc3c(F)cccc3s2)cc1. The maximum Gasteiger partial charge on any atom is 0.260 e. The lowest BCUT2D eigenvalue weighted by atomic mass is 9.96. The first-order chi connectivity index (χ1) is 17.8. The Balaban J connectivity index is 1.41. The van der Waals surface area contributed by atoms with Crippen molar-refractivity contribution in [1.29, 1.82) is 0 Å². The molecule has 11 heteroatoms. The molecule has 2 heterocycles. The molecule has 194 valence electrons. The third-order valence-electron chi connectivity index (χ3n) is 6.81. The Bertz CT molecular complexity index is 1480. The van der Waals surface area contributed by atoms with Crippen molar-refractivity contribution in [2.45, 2.75) is 49.6 Å². The van der Waals surface area contributed by atoms with Crippen LogP contribution >= 0.6 is 11.3 Å². The molecule has 37 heavy (non-hydrogen) atoms. The highest BCUT2D eigenvalue weighted by atomic mass is 32.2. The molecule has 0 radical (unpaired) electrons. The van der Waals surface area contributed by atoms with Crippen LogP contribution in [-0.4, -0.2) is 53.0 Å². The number of halogens is 1. The van der Waals surface area contributed by atoms with Crippen molar-refractivity contribution < 1.29 is 17.6 Å². The molecule has 1 aliphatic rings. The van der Waals surface area contributed by atoms with Gasteiger partial charge in [0.15, 0.2) is 5.13 Å². The van der Waals surface area contributed by atoms with Crippen molar-refractivity contribution in [3.63, 3.8) is 0 Å². The summed E-state index contributed by atoms with van der Waals surface area (Å²) in [6, 6.07) is 12.5. The molecule has 1 fully saturated rings. The van der Waals surface area contributed by atoms with Gasteiger partial charge in [0.25, 0.3) is 5.91 Å². The molecule has 0 saturated heterocycles. The number of anilines is 1. The second-order valence-electron chi connectivity index (χ2n) is 9.15. The second-order valence-corrected chi connectivity index (χ2v) is 12.2. The van der Waals surface area contributed by atoms with Crippen molar-refractivity contribution >= 4 is 42.6 Å². The lowest BCUT2D eigenvalue weighted by Gasteiger charge is -2.30. The number of nitrogens with zero attached hydrogens (tertiary/aromatic N) is 5. The average molecular weight is 542 g/mol. The third-order valence-corrected chi connectivity index (χ3v) is 9.78. The van der Waals surface area contributed by atoms with Crippen LogP contribution in [0.3, 0.4) is 0 Å². The fourth-order valence-corrected chi connectivity index (χ4v) is 7.09. The first kappa shape index (κ1) is 25.5. The van der Waals surface area contributed by atoms with E-state index >= 15 is 0 Å². The van der Waals surface area contributed by atoms with Crippen LogP contribution in [0.25, 0.3) is 10.2 Å². The Labute approximate surface area is 219 Å². The van der Waals surface area contributed by atoms with E-state index in [1.807, 2.05) is 0 Å². The quantitative estimate of drug-likeness (QED) is 0.316. The number of amides is 1. The fourth-order valence-electron chi connectivity index (χ4n) is 4.67. The van der Waals surface area contributed by atoms with Crippen molar-refractivity contribution in [3.8, 4) is 0 Å². The maximum atomic E-state index is 14.3. The average Bonchev–Trinajstić information content (AvgIpc) is 3.60. The third kappa shape index (κ3) is 5.29. The van der Waals surface area contributed by atoms with E-state index < -0.39 is 15.8 Å². The van der Waals surface area contributed by atoms with Crippen LogP contribution in [0.2, 0.25) is 0 Å². The molecule has 1 aliphatic carbocycles. The van der Waals surface area contributed by atoms with Crippen molar-refractivity contribution in [2.75, 3.05) is 18.5 Å². The van der Waals surface area contributed by atoms with Gasteiger partial charge in [0, 0.05) is 37.6 Å². The molecule has 1 saturated carbocycles. The maximum absolute atomic E-state index is 14.3. The van der Waals surface area contributed by atoms with E-state index in [-0.39, 0.29) is 28.9 Å². The second kappa shape index (κ2) is 10.7. The summed E-state index contributed by atoms with van der Waals surface area (Å²) in [6.07, 6.45) is 8.37. The Kier molecular flexibility index (Phi) is 7.36. The van der Waals surface area contributed by atoms with E-state index in [4.69, 9.17) is 0 Å². The summed E-state index contributed by atoms with van der Waals surface area (Å²) in [5, 5.41) is 4.56. The van der Waals surface area contributed by atoms with E-state index in [0.29, 0.717) is 21.9 Å². The van der Waals surface area contributed by atoms with E-state index in [1.165, 1.54) is 50.9 Å². The number of carbonyl (C=O) groups is 1. The molecule has 0 N–H and O–H groups in total. The number of aromatic nitrogens is 3. The minimum Gasteiger partial charge on any atom is -0.282 e. The standard InChI is InChI=1S/C26H28FN5O3S2/c1-30(20-7-3-2-4-8-20)37(34,35)21-13-11-19(12-14-21)25(33)32(18-17-31-16-6-15-28-31)26-29-24-22(27)9-5-10-23(24)36-26/h5-6,9-16,20H,2-4,7-8,17-18H2,1H3. The van der Waals surface area contributed by atoms with Crippen molar-refractivity contribution in [1.82, 2.24) is 19.1 Å². The summed E-state index contributed by atoms with van der Waals surface area (Å²) < 4.78 is 44.5. The lowest BCUT2D eigenvalue weighted by Crippen LogP contribution is -2.38. The lowest BCUT2D eigenvalue weighted by molar-refractivity contribution is 0.0985. The van der Waals surface area contributed by atoms with E-state index in [0.717, 1.165) is 32.1 Å². The first-order valence-electron chi connectivity index (χ1n) is 12.3. The van der Waals surface area contributed by atoms with Gasteiger partial charge in [-0.1, -0.05) is 36.7 Å². The summed E-state index contributed by atoms with van der Waals surface area (Å²) in [4.78, 5) is 19.7. The highest BCUT2D eigenvalue weighted by Crippen LogP contribution is 2.32. The smallest absolute Gasteiger partial charge is 0.260 e. The fraction of sp³-hybridized carbons (Fsp3) is 0.346. The monoisotopic (exact) mass is 541 g/mol. The van der Waals surface area contributed by atoms with Gasteiger partial charge in [0.05, 0.1) is 16.1 Å². The number of hydrogen-bond donors (Lipinski definition) is 0. The Morgan fingerprint density at radius 2 is 1.86 bits per heavy atom. The number of thiazole rings is 1. The minimum absolute atomic E-state index is 0.00252. The summed E-state index contributed by atoms with van der Waals surface area (Å²) in [6.45, 7) is 0.669. The van der Waals surface area contributed by atoms with Gasteiger partial charge >= 0.3 is 0 Å². The largest absolute Gasteiger partial charge is 0.282 e. The minimum atomic E-state index is -3.67.